The number of aromatic nitrogens is 2. The number of carbonyl (C=O) groups excluding carboxylic acids is 2. The second kappa shape index (κ2) is 5.58. The van der Waals surface area contributed by atoms with Crippen molar-refractivity contribution >= 4 is 11.8 Å². The highest BCUT2D eigenvalue weighted by Gasteiger charge is 2.48. The van der Waals surface area contributed by atoms with Crippen LogP contribution in [0.25, 0.3) is 0 Å². The van der Waals surface area contributed by atoms with Gasteiger partial charge in [0.15, 0.2) is 5.69 Å². The maximum absolute atomic E-state index is 13.3. The van der Waals surface area contributed by atoms with Crippen LogP contribution in [0.3, 0.4) is 0 Å². The number of hydrogen-bond donors (Lipinski definition) is 2. The number of aromatic amines is 1. The highest BCUT2D eigenvalue weighted by Crippen LogP contribution is 2.42. The molecule has 0 aromatic carbocycles. The monoisotopic (exact) mass is 332 g/mol. The Labute approximate surface area is 141 Å². The molecule has 3 aliphatic rings. The molecule has 7 heteroatoms. The van der Waals surface area contributed by atoms with E-state index in [0.29, 0.717) is 31.6 Å². The van der Waals surface area contributed by atoms with Crippen molar-refractivity contribution < 1.29 is 14.3 Å². The normalized spacial score (nSPS) is 28.8. The van der Waals surface area contributed by atoms with E-state index in [4.69, 9.17) is 4.74 Å². The minimum atomic E-state index is -0.314. The van der Waals surface area contributed by atoms with Crippen molar-refractivity contribution in [2.45, 2.75) is 63.7 Å². The first kappa shape index (κ1) is 15.6. The Balaban J connectivity index is 1.67. The van der Waals surface area contributed by atoms with Gasteiger partial charge < -0.3 is 15.0 Å². The first-order valence-electron chi connectivity index (χ1n) is 8.81. The summed E-state index contributed by atoms with van der Waals surface area (Å²) in [7, 11) is 0. The lowest BCUT2D eigenvalue weighted by Gasteiger charge is -2.48. The van der Waals surface area contributed by atoms with Gasteiger partial charge in [-0.25, -0.2) is 0 Å². The molecule has 1 saturated heterocycles. The molecule has 3 heterocycles. The van der Waals surface area contributed by atoms with Crippen LogP contribution in [-0.2, 0) is 16.0 Å². The first-order chi connectivity index (χ1) is 11.5. The topological polar surface area (TPSA) is 87.3 Å². The molecule has 2 aliphatic heterocycles. The number of rotatable bonds is 1. The molecule has 2 N–H and O–H groups in total. The molecule has 7 nitrogen and oxygen atoms in total. The Morgan fingerprint density at radius 2 is 2.17 bits per heavy atom. The maximum Gasteiger partial charge on any atom is 0.275 e. The van der Waals surface area contributed by atoms with E-state index in [0.717, 1.165) is 30.5 Å². The largest absolute Gasteiger partial charge is 0.369 e. The third kappa shape index (κ3) is 2.33. The van der Waals surface area contributed by atoms with Crippen LogP contribution in [0.2, 0.25) is 0 Å². The molecule has 130 valence electrons. The van der Waals surface area contributed by atoms with Gasteiger partial charge in [-0.15, -0.1) is 0 Å². The van der Waals surface area contributed by atoms with Gasteiger partial charge in [0, 0.05) is 31.5 Å². The average Bonchev–Trinajstić information content (AvgIpc) is 2.82. The molecule has 1 aromatic rings. The molecular formula is C17H24N4O3. The Kier molecular flexibility index (Phi) is 3.63. The smallest absolute Gasteiger partial charge is 0.275 e. The molecular weight excluding hydrogens is 308 g/mol. The zero-order valence-electron chi connectivity index (χ0n) is 14.2. The molecule has 0 bridgehead atoms. The second-order valence-electron chi connectivity index (χ2n) is 7.32. The van der Waals surface area contributed by atoms with Gasteiger partial charge in [0.25, 0.3) is 5.91 Å². The minimum Gasteiger partial charge on any atom is -0.369 e. The summed E-state index contributed by atoms with van der Waals surface area (Å²) in [6.45, 7) is 5.05. The number of fused-ring (bicyclic) bond motifs is 1. The van der Waals surface area contributed by atoms with E-state index in [1.54, 1.807) is 0 Å². The molecule has 1 aliphatic carbocycles. The van der Waals surface area contributed by atoms with E-state index in [1.807, 2.05) is 18.7 Å². The van der Waals surface area contributed by atoms with Crippen LogP contribution in [0.15, 0.2) is 0 Å². The zero-order chi connectivity index (χ0) is 16.9. The number of hydrogen-bond acceptors (Lipinski definition) is 4. The summed E-state index contributed by atoms with van der Waals surface area (Å²) >= 11 is 0. The predicted octanol–water partition coefficient (Wildman–Crippen LogP) is 1.32. The molecule has 2 amide bonds. The van der Waals surface area contributed by atoms with Gasteiger partial charge in [-0.2, -0.15) is 5.10 Å². The Morgan fingerprint density at radius 1 is 1.38 bits per heavy atom. The summed E-state index contributed by atoms with van der Waals surface area (Å²) in [5.74, 6) is -0.00491. The van der Waals surface area contributed by atoms with Gasteiger partial charge in [0.1, 0.15) is 0 Å². The molecule has 24 heavy (non-hydrogen) atoms. The summed E-state index contributed by atoms with van der Waals surface area (Å²) in [4.78, 5) is 27.2. The number of nitrogens with one attached hydrogen (secondary N) is 2. The average molecular weight is 332 g/mol. The third-order valence-electron chi connectivity index (χ3n) is 5.69. The van der Waals surface area contributed by atoms with Crippen LogP contribution in [-0.4, -0.2) is 51.6 Å². The van der Waals surface area contributed by atoms with Crippen LogP contribution < -0.4 is 5.32 Å². The predicted molar refractivity (Wildman–Crippen MR) is 86.5 cm³/mol. The van der Waals surface area contributed by atoms with Crippen molar-refractivity contribution in [3.63, 3.8) is 0 Å². The number of nitrogens with zero attached hydrogens (tertiary/aromatic N) is 2. The molecule has 0 unspecified atom stereocenters. The summed E-state index contributed by atoms with van der Waals surface area (Å²) in [5, 5.41) is 10.2. The van der Waals surface area contributed by atoms with Crippen molar-refractivity contribution in [3.05, 3.63) is 17.0 Å². The third-order valence-corrected chi connectivity index (χ3v) is 5.69. The Bertz CT molecular complexity index is 679. The lowest BCUT2D eigenvalue weighted by atomic mass is 9.72. The van der Waals surface area contributed by atoms with Crippen molar-refractivity contribution in [1.29, 1.82) is 0 Å². The maximum atomic E-state index is 13.3. The molecule has 0 radical (unpaired) electrons. The Hall–Kier alpha value is -1.89. The Morgan fingerprint density at radius 3 is 2.88 bits per heavy atom. The van der Waals surface area contributed by atoms with Gasteiger partial charge >= 0.3 is 0 Å². The van der Waals surface area contributed by atoms with E-state index in [-0.39, 0.29) is 29.6 Å². The van der Waals surface area contributed by atoms with E-state index in [1.165, 1.54) is 0 Å². The number of H-pyrrole nitrogens is 1. The van der Waals surface area contributed by atoms with Crippen molar-refractivity contribution in [3.8, 4) is 0 Å². The molecule has 1 spiro atoms. The highest BCUT2D eigenvalue weighted by molar-refractivity contribution is 5.95. The van der Waals surface area contributed by atoms with E-state index >= 15 is 0 Å². The highest BCUT2D eigenvalue weighted by atomic mass is 16.5. The molecule has 2 fully saturated rings. The number of ether oxygens (including phenoxy) is 1. The van der Waals surface area contributed by atoms with Gasteiger partial charge in [-0.05, 0) is 33.1 Å². The summed E-state index contributed by atoms with van der Waals surface area (Å²) in [5.41, 5.74) is 2.08. The fourth-order valence-electron chi connectivity index (χ4n) is 4.33. The minimum absolute atomic E-state index is 0.0460. The van der Waals surface area contributed by atoms with Crippen LogP contribution in [0.1, 0.15) is 67.4 Å². The summed E-state index contributed by atoms with van der Waals surface area (Å²) in [6, 6.07) is 0. The molecule has 1 saturated carbocycles. The quantitative estimate of drug-likeness (QED) is 0.812. The zero-order valence-corrected chi connectivity index (χ0v) is 14.2. The molecule has 2 atom stereocenters. The fourth-order valence-corrected chi connectivity index (χ4v) is 4.33. The second-order valence-corrected chi connectivity index (χ2v) is 7.32. The van der Waals surface area contributed by atoms with E-state index < -0.39 is 0 Å². The van der Waals surface area contributed by atoms with Gasteiger partial charge in [0.05, 0.1) is 23.4 Å². The van der Waals surface area contributed by atoms with Crippen molar-refractivity contribution in [2.75, 3.05) is 13.1 Å². The van der Waals surface area contributed by atoms with Gasteiger partial charge in [0.2, 0.25) is 5.91 Å². The fraction of sp³-hybridized carbons (Fsp3) is 0.706. The lowest BCUT2D eigenvalue weighted by molar-refractivity contribution is -0.123. The standard InChI is InChI=1S/C17H24N4O3/c1-10-8-12-14(11(2)24-10)19-20-15(12)16(23)21-7-6-18-13(22)9-17(21)4-3-5-17/h10-11H,3-9H2,1-2H3,(H,18,22)(H,19,20)/t10-,11+/m1/s1. The van der Waals surface area contributed by atoms with Crippen molar-refractivity contribution in [2.24, 2.45) is 0 Å². The molecule has 4 rings (SSSR count). The molecule has 1 aromatic heterocycles. The van der Waals surface area contributed by atoms with E-state index in [9.17, 15) is 9.59 Å². The van der Waals surface area contributed by atoms with Crippen LogP contribution >= 0.6 is 0 Å². The van der Waals surface area contributed by atoms with Crippen LogP contribution in [0.4, 0.5) is 0 Å². The number of carbonyl (C=O) groups is 2. The van der Waals surface area contributed by atoms with Crippen LogP contribution in [0.5, 0.6) is 0 Å². The van der Waals surface area contributed by atoms with Crippen LogP contribution in [0, 0.1) is 0 Å². The van der Waals surface area contributed by atoms with Gasteiger partial charge in [-0.1, -0.05) is 0 Å². The van der Waals surface area contributed by atoms with Crippen molar-refractivity contribution in [1.82, 2.24) is 20.4 Å². The van der Waals surface area contributed by atoms with Gasteiger partial charge in [-0.3, -0.25) is 14.7 Å². The summed E-state index contributed by atoms with van der Waals surface area (Å²) < 4.78 is 5.81. The summed E-state index contributed by atoms with van der Waals surface area (Å²) in [6.07, 6.45) is 3.95. The number of amides is 2. The SMILES string of the molecule is C[C@@H]1Cc2c(C(=O)N3CCNC(=O)CC34CCC4)n[nH]c2[C@H](C)O1. The van der Waals surface area contributed by atoms with E-state index in [2.05, 4.69) is 15.5 Å². The lowest BCUT2D eigenvalue weighted by Crippen LogP contribution is -2.57. The first-order valence-corrected chi connectivity index (χ1v) is 8.81.